The lowest BCUT2D eigenvalue weighted by molar-refractivity contribution is 0.101. The highest BCUT2D eigenvalue weighted by molar-refractivity contribution is 9.10. The molecule has 1 amide bonds. The monoisotopic (exact) mass is 352 g/mol. The van der Waals surface area contributed by atoms with Crippen molar-refractivity contribution in [1.29, 1.82) is 0 Å². The Bertz CT molecular complexity index is 649. The molecule has 0 unspecified atom stereocenters. The van der Waals surface area contributed by atoms with Gasteiger partial charge in [-0.1, -0.05) is 20.8 Å². The average Bonchev–Trinajstić information content (AvgIpc) is 2.94. The largest absolute Gasteiger partial charge is 0.340 e. The van der Waals surface area contributed by atoms with Crippen LogP contribution in [0.4, 0.5) is 5.82 Å². The number of carbonyl (C=O) groups is 1. The van der Waals surface area contributed by atoms with E-state index in [4.69, 9.17) is 0 Å². The second kappa shape index (κ2) is 5.67. The number of nitrogens with zero attached hydrogens (tertiary/aromatic N) is 2. The van der Waals surface area contributed by atoms with Gasteiger partial charge in [0.25, 0.3) is 5.91 Å². The third-order valence-corrected chi connectivity index (χ3v) is 3.67. The zero-order chi connectivity index (χ0) is 15.8. The quantitative estimate of drug-likeness (QED) is 0.873. The van der Waals surface area contributed by atoms with Crippen LogP contribution in [-0.2, 0) is 5.41 Å². The minimum Gasteiger partial charge on any atom is -0.340 e. The van der Waals surface area contributed by atoms with E-state index in [1.165, 1.54) is 0 Å². The van der Waals surface area contributed by atoms with Crippen molar-refractivity contribution in [1.82, 2.24) is 14.8 Å². The van der Waals surface area contributed by atoms with Crippen molar-refractivity contribution in [2.45, 2.75) is 46.1 Å². The molecule has 2 heterocycles. The third-order valence-electron chi connectivity index (χ3n) is 3.23. The van der Waals surface area contributed by atoms with Crippen molar-refractivity contribution in [3.63, 3.8) is 0 Å². The second-order valence-electron chi connectivity index (χ2n) is 6.42. The van der Waals surface area contributed by atoms with Crippen molar-refractivity contribution >= 4 is 27.7 Å². The predicted octanol–water partition coefficient (Wildman–Crippen LogP) is 4.10. The first-order chi connectivity index (χ1) is 9.68. The summed E-state index contributed by atoms with van der Waals surface area (Å²) >= 11 is 3.41. The number of aromatic amines is 1. The molecule has 0 aliphatic heterocycles. The van der Waals surface area contributed by atoms with Crippen LogP contribution in [0.5, 0.6) is 0 Å². The maximum atomic E-state index is 12.4. The standard InChI is InChI=1S/C15H21BrN4O/c1-9(2)20-8-10(16)6-11(20)14(21)17-13-7-12(18-19-13)15(3,4)5/h6-9H,1-5H3,(H2,17,18,19,21). The van der Waals surface area contributed by atoms with Crippen molar-refractivity contribution in [3.05, 3.63) is 34.2 Å². The first-order valence-electron chi connectivity index (χ1n) is 6.93. The summed E-state index contributed by atoms with van der Waals surface area (Å²) in [6, 6.07) is 3.89. The zero-order valence-corrected chi connectivity index (χ0v) is 14.6. The van der Waals surface area contributed by atoms with Gasteiger partial charge < -0.3 is 9.88 Å². The van der Waals surface area contributed by atoms with Crippen molar-refractivity contribution < 1.29 is 4.79 Å². The van der Waals surface area contributed by atoms with Crippen molar-refractivity contribution in [2.24, 2.45) is 0 Å². The smallest absolute Gasteiger partial charge is 0.273 e. The minimum absolute atomic E-state index is 0.0306. The molecule has 2 rings (SSSR count). The Balaban J connectivity index is 2.21. The molecule has 2 N–H and O–H groups in total. The SMILES string of the molecule is CC(C)n1cc(Br)cc1C(=O)Nc1cc(C(C)(C)C)[nH]n1. The summed E-state index contributed by atoms with van der Waals surface area (Å²) in [6.07, 6.45) is 1.91. The molecule has 2 aromatic heterocycles. The number of halogens is 1. The highest BCUT2D eigenvalue weighted by Crippen LogP contribution is 2.23. The predicted molar refractivity (Wildman–Crippen MR) is 87.8 cm³/mol. The third kappa shape index (κ3) is 3.56. The Morgan fingerprint density at radius 2 is 2.05 bits per heavy atom. The first kappa shape index (κ1) is 15.8. The van der Waals surface area contributed by atoms with E-state index in [-0.39, 0.29) is 17.4 Å². The number of hydrogen-bond acceptors (Lipinski definition) is 2. The molecule has 0 radical (unpaired) electrons. The highest BCUT2D eigenvalue weighted by Gasteiger charge is 2.19. The van der Waals surface area contributed by atoms with E-state index in [2.05, 4.69) is 52.2 Å². The molecule has 114 valence electrons. The van der Waals surface area contributed by atoms with Crippen LogP contribution >= 0.6 is 15.9 Å². The minimum atomic E-state index is -0.165. The number of amides is 1. The molecule has 5 nitrogen and oxygen atoms in total. The number of nitrogens with one attached hydrogen (secondary N) is 2. The maximum Gasteiger partial charge on any atom is 0.273 e. The molecule has 0 fully saturated rings. The molecular weight excluding hydrogens is 332 g/mol. The van der Waals surface area contributed by atoms with E-state index < -0.39 is 0 Å². The van der Waals surface area contributed by atoms with Crippen LogP contribution in [0.25, 0.3) is 0 Å². The zero-order valence-electron chi connectivity index (χ0n) is 13.0. The molecule has 0 saturated heterocycles. The van der Waals surface area contributed by atoms with E-state index in [0.717, 1.165) is 10.2 Å². The molecule has 0 aromatic carbocycles. The van der Waals surface area contributed by atoms with Crippen molar-refractivity contribution in [2.75, 3.05) is 5.32 Å². The van der Waals surface area contributed by atoms with Crippen LogP contribution in [0, 0.1) is 0 Å². The molecular formula is C15H21BrN4O. The van der Waals surface area contributed by atoms with Gasteiger partial charge in [-0.2, -0.15) is 5.10 Å². The summed E-state index contributed by atoms with van der Waals surface area (Å²) in [4.78, 5) is 12.4. The van der Waals surface area contributed by atoms with E-state index in [0.29, 0.717) is 11.5 Å². The van der Waals surface area contributed by atoms with Gasteiger partial charge in [0.2, 0.25) is 0 Å². The Hall–Kier alpha value is -1.56. The number of H-pyrrole nitrogens is 1. The van der Waals surface area contributed by atoms with Gasteiger partial charge in [0.1, 0.15) is 5.69 Å². The normalized spacial score (nSPS) is 12.0. The van der Waals surface area contributed by atoms with Gasteiger partial charge in [-0.15, -0.1) is 0 Å². The first-order valence-corrected chi connectivity index (χ1v) is 7.72. The number of hydrogen-bond donors (Lipinski definition) is 2. The summed E-state index contributed by atoms with van der Waals surface area (Å²) in [6.45, 7) is 10.3. The Kier molecular flexibility index (Phi) is 4.27. The Morgan fingerprint density at radius 3 is 2.57 bits per heavy atom. The van der Waals surface area contributed by atoms with Crippen LogP contribution in [0.1, 0.15) is 56.8 Å². The molecule has 0 spiro atoms. The molecule has 0 saturated carbocycles. The average molecular weight is 353 g/mol. The lowest BCUT2D eigenvalue weighted by Gasteiger charge is -2.14. The Labute approximate surface area is 133 Å². The molecule has 2 aromatic rings. The van der Waals surface area contributed by atoms with E-state index in [1.54, 1.807) is 0 Å². The molecule has 0 aliphatic carbocycles. The van der Waals surface area contributed by atoms with Gasteiger partial charge in [0, 0.05) is 33.9 Å². The topological polar surface area (TPSA) is 62.7 Å². The molecule has 0 atom stereocenters. The number of aromatic nitrogens is 3. The number of carbonyl (C=O) groups excluding carboxylic acids is 1. The van der Waals surface area contributed by atoms with Crippen LogP contribution in [-0.4, -0.2) is 20.7 Å². The van der Waals surface area contributed by atoms with Crippen LogP contribution in [0.2, 0.25) is 0 Å². The summed E-state index contributed by atoms with van der Waals surface area (Å²) in [7, 11) is 0. The van der Waals surface area contributed by atoms with Gasteiger partial charge >= 0.3 is 0 Å². The molecule has 6 heteroatoms. The van der Waals surface area contributed by atoms with E-state index in [1.807, 2.05) is 36.7 Å². The molecule has 21 heavy (non-hydrogen) atoms. The van der Waals surface area contributed by atoms with Crippen LogP contribution in [0.3, 0.4) is 0 Å². The van der Waals surface area contributed by atoms with Gasteiger partial charge in [-0.05, 0) is 35.8 Å². The summed E-state index contributed by atoms with van der Waals surface area (Å²) in [5, 5.41) is 9.95. The van der Waals surface area contributed by atoms with Gasteiger partial charge in [-0.25, -0.2) is 0 Å². The molecule has 0 aliphatic rings. The van der Waals surface area contributed by atoms with Gasteiger partial charge in [-0.3, -0.25) is 9.89 Å². The number of anilines is 1. The fraction of sp³-hybridized carbons (Fsp3) is 0.467. The lowest BCUT2D eigenvalue weighted by Crippen LogP contribution is -2.18. The maximum absolute atomic E-state index is 12.4. The lowest BCUT2D eigenvalue weighted by atomic mass is 9.92. The van der Waals surface area contributed by atoms with Gasteiger partial charge in [0.05, 0.1) is 0 Å². The summed E-state index contributed by atoms with van der Waals surface area (Å²) in [5.74, 6) is 0.374. The Morgan fingerprint density at radius 1 is 1.38 bits per heavy atom. The molecule has 0 bridgehead atoms. The van der Waals surface area contributed by atoms with E-state index >= 15 is 0 Å². The van der Waals surface area contributed by atoms with E-state index in [9.17, 15) is 4.79 Å². The van der Waals surface area contributed by atoms with Crippen LogP contribution < -0.4 is 5.32 Å². The summed E-state index contributed by atoms with van der Waals surface area (Å²) < 4.78 is 2.82. The fourth-order valence-electron chi connectivity index (χ4n) is 2.01. The van der Waals surface area contributed by atoms with Crippen LogP contribution in [0.15, 0.2) is 22.8 Å². The van der Waals surface area contributed by atoms with Crippen molar-refractivity contribution in [3.8, 4) is 0 Å². The second-order valence-corrected chi connectivity index (χ2v) is 7.33. The number of rotatable bonds is 3. The summed E-state index contributed by atoms with van der Waals surface area (Å²) in [5.41, 5.74) is 1.56. The fourth-order valence-corrected chi connectivity index (χ4v) is 2.44. The highest BCUT2D eigenvalue weighted by atomic mass is 79.9. The van der Waals surface area contributed by atoms with Gasteiger partial charge in [0.15, 0.2) is 5.82 Å².